The highest BCUT2D eigenvalue weighted by Gasteiger charge is 2.33. The van der Waals surface area contributed by atoms with Crippen LogP contribution in [0.5, 0.6) is 0 Å². The summed E-state index contributed by atoms with van der Waals surface area (Å²) in [6, 6.07) is 0.571. The van der Waals surface area contributed by atoms with E-state index in [-0.39, 0.29) is 11.8 Å². The fourth-order valence-electron chi connectivity index (χ4n) is 2.14. The van der Waals surface area contributed by atoms with E-state index in [9.17, 15) is 8.42 Å². The van der Waals surface area contributed by atoms with E-state index in [1.54, 1.807) is 0 Å². The summed E-state index contributed by atoms with van der Waals surface area (Å²) in [4.78, 5) is 2.32. The Kier molecular flexibility index (Phi) is 4.76. The maximum atomic E-state index is 11.7. The molecule has 0 aromatic rings. The van der Waals surface area contributed by atoms with Crippen LogP contribution in [0.2, 0.25) is 0 Å². The Morgan fingerprint density at radius 2 is 2.00 bits per heavy atom. The number of nitrogens with zero attached hydrogens (tertiary/aromatic N) is 1. The zero-order valence-electron chi connectivity index (χ0n) is 10.7. The molecule has 0 amide bonds. The summed E-state index contributed by atoms with van der Waals surface area (Å²) < 4.78 is 26.2. The van der Waals surface area contributed by atoms with Gasteiger partial charge in [0.15, 0.2) is 0 Å². The van der Waals surface area contributed by atoms with E-state index in [0.29, 0.717) is 18.4 Å². The molecule has 0 radical (unpaired) electrons. The van der Waals surface area contributed by atoms with E-state index in [2.05, 4.69) is 30.4 Å². The normalized spacial score (nSPS) is 27.8. The predicted octanol–water partition coefficient (Wildman–Crippen LogP) is 1.04. The number of rotatable bonds is 5. The van der Waals surface area contributed by atoms with Gasteiger partial charge < -0.3 is 0 Å². The average Bonchev–Trinajstić information content (AvgIpc) is 2.47. The number of likely N-dealkylation sites (tertiary alicyclic amines) is 1. The van der Waals surface area contributed by atoms with Gasteiger partial charge in [-0.05, 0) is 26.2 Å². The molecule has 2 unspecified atom stereocenters. The number of hydrogen-bond donors (Lipinski definition) is 1. The van der Waals surface area contributed by atoms with Crippen LogP contribution in [0.4, 0.5) is 0 Å². The SMILES string of the molecule is CCCS(=O)(=O)NC1CN(C(C)C)CC1C. The van der Waals surface area contributed by atoms with Crippen molar-refractivity contribution >= 4 is 10.0 Å². The molecule has 0 saturated carbocycles. The Hall–Kier alpha value is -0.130. The minimum Gasteiger partial charge on any atom is -0.299 e. The van der Waals surface area contributed by atoms with Gasteiger partial charge in [0.05, 0.1) is 5.75 Å². The van der Waals surface area contributed by atoms with E-state index < -0.39 is 10.0 Å². The Bertz CT molecular complexity index is 314. The van der Waals surface area contributed by atoms with Crippen LogP contribution in [0.3, 0.4) is 0 Å². The van der Waals surface area contributed by atoms with Crippen LogP contribution in [0.15, 0.2) is 0 Å². The van der Waals surface area contributed by atoms with Crippen molar-refractivity contribution < 1.29 is 8.42 Å². The van der Waals surface area contributed by atoms with Crippen molar-refractivity contribution in [2.75, 3.05) is 18.8 Å². The smallest absolute Gasteiger partial charge is 0.211 e. The summed E-state index contributed by atoms with van der Waals surface area (Å²) in [7, 11) is -3.07. The van der Waals surface area contributed by atoms with E-state index >= 15 is 0 Å². The summed E-state index contributed by atoms with van der Waals surface area (Å²) in [6.45, 7) is 10.1. The van der Waals surface area contributed by atoms with Crippen LogP contribution in [0.25, 0.3) is 0 Å². The van der Waals surface area contributed by atoms with Crippen LogP contribution in [0, 0.1) is 5.92 Å². The average molecular weight is 248 g/mol. The molecule has 1 heterocycles. The molecule has 1 saturated heterocycles. The Labute approximate surface area is 99.5 Å². The summed E-state index contributed by atoms with van der Waals surface area (Å²) in [5.41, 5.74) is 0. The fourth-order valence-corrected chi connectivity index (χ4v) is 3.56. The van der Waals surface area contributed by atoms with Gasteiger partial charge in [-0.15, -0.1) is 0 Å². The minimum atomic E-state index is -3.07. The topological polar surface area (TPSA) is 49.4 Å². The number of nitrogens with one attached hydrogen (secondary N) is 1. The molecule has 5 heteroatoms. The molecule has 1 rings (SSSR count). The quantitative estimate of drug-likeness (QED) is 0.791. The number of hydrogen-bond acceptors (Lipinski definition) is 3. The van der Waals surface area contributed by atoms with E-state index in [4.69, 9.17) is 0 Å². The molecular weight excluding hydrogens is 224 g/mol. The van der Waals surface area contributed by atoms with Crippen LogP contribution in [0.1, 0.15) is 34.1 Å². The summed E-state index contributed by atoms with van der Waals surface area (Å²) in [6.07, 6.45) is 0.671. The van der Waals surface area contributed by atoms with Crippen LogP contribution < -0.4 is 4.72 Å². The summed E-state index contributed by atoms with van der Waals surface area (Å²) in [5.74, 6) is 0.631. The van der Waals surface area contributed by atoms with Crippen LogP contribution in [-0.2, 0) is 10.0 Å². The second-order valence-corrected chi connectivity index (χ2v) is 6.94. The zero-order chi connectivity index (χ0) is 12.3. The maximum Gasteiger partial charge on any atom is 0.211 e. The predicted molar refractivity (Wildman–Crippen MR) is 66.9 cm³/mol. The van der Waals surface area contributed by atoms with Crippen molar-refractivity contribution in [1.82, 2.24) is 9.62 Å². The molecule has 1 aliphatic heterocycles. The van der Waals surface area contributed by atoms with Gasteiger partial charge in [-0.2, -0.15) is 0 Å². The van der Waals surface area contributed by atoms with E-state index in [1.807, 2.05) is 6.92 Å². The van der Waals surface area contributed by atoms with Crippen molar-refractivity contribution in [3.63, 3.8) is 0 Å². The number of sulfonamides is 1. The minimum absolute atomic E-state index is 0.0824. The third kappa shape index (κ3) is 3.71. The van der Waals surface area contributed by atoms with Crippen LogP contribution >= 0.6 is 0 Å². The van der Waals surface area contributed by atoms with E-state index in [0.717, 1.165) is 13.1 Å². The van der Waals surface area contributed by atoms with Crippen molar-refractivity contribution in [2.24, 2.45) is 5.92 Å². The molecule has 0 bridgehead atoms. The Balaban J connectivity index is 2.56. The van der Waals surface area contributed by atoms with Gasteiger partial charge in [-0.3, -0.25) is 4.90 Å². The first-order valence-corrected chi connectivity index (χ1v) is 7.75. The van der Waals surface area contributed by atoms with Gasteiger partial charge in [0, 0.05) is 25.2 Å². The van der Waals surface area contributed by atoms with Gasteiger partial charge in [0.2, 0.25) is 10.0 Å². The molecule has 1 N–H and O–H groups in total. The Morgan fingerprint density at radius 1 is 1.38 bits per heavy atom. The van der Waals surface area contributed by atoms with Crippen molar-refractivity contribution in [2.45, 2.75) is 46.2 Å². The molecule has 4 nitrogen and oxygen atoms in total. The highest BCUT2D eigenvalue weighted by molar-refractivity contribution is 7.89. The lowest BCUT2D eigenvalue weighted by molar-refractivity contribution is 0.265. The van der Waals surface area contributed by atoms with Gasteiger partial charge in [0.1, 0.15) is 0 Å². The van der Waals surface area contributed by atoms with Gasteiger partial charge in [-0.25, -0.2) is 13.1 Å². The van der Waals surface area contributed by atoms with Crippen molar-refractivity contribution in [3.8, 4) is 0 Å². The third-order valence-corrected chi connectivity index (χ3v) is 4.78. The standard InChI is InChI=1S/C11H24N2O2S/c1-5-6-16(14,15)12-11-8-13(9(2)3)7-10(11)4/h9-12H,5-8H2,1-4H3. The largest absolute Gasteiger partial charge is 0.299 e. The highest BCUT2D eigenvalue weighted by atomic mass is 32.2. The maximum absolute atomic E-state index is 11.7. The zero-order valence-corrected chi connectivity index (χ0v) is 11.5. The molecular formula is C11H24N2O2S. The summed E-state index contributed by atoms with van der Waals surface area (Å²) >= 11 is 0. The van der Waals surface area contributed by atoms with Gasteiger partial charge >= 0.3 is 0 Å². The highest BCUT2D eigenvalue weighted by Crippen LogP contribution is 2.19. The lowest BCUT2D eigenvalue weighted by atomic mass is 10.1. The fraction of sp³-hybridized carbons (Fsp3) is 1.00. The molecule has 96 valence electrons. The first kappa shape index (κ1) is 13.9. The summed E-state index contributed by atoms with van der Waals surface area (Å²) in [5, 5.41) is 0. The Morgan fingerprint density at radius 3 is 2.44 bits per heavy atom. The second-order valence-electron chi connectivity index (χ2n) is 5.07. The van der Waals surface area contributed by atoms with Crippen molar-refractivity contribution in [3.05, 3.63) is 0 Å². The lowest BCUT2D eigenvalue weighted by Gasteiger charge is -2.20. The van der Waals surface area contributed by atoms with Crippen LogP contribution in [-0.4, -0.2) is 44.2 Å². The lowest BCUT2D eigenvalue weighted by Crippen LogP contribution is -2.41. The first-order chi connectivity index (χ1) is 7.35. The molecule has 0 aromatic heterocycles. The first-order valence-electron chi connectivity index (χ1n) is 6.09. The molecule has 16 heavy (non-hydrogen) atoms. The van der Waals surface area contributed by atoms with Gasteiger partial charge in [0.25, 0.3) is 0 Å². The molecule has 0 spiro atoms. The monoisotopic (exact) mass is 248 g/mol. The molecule has 1 aliphatic rings. The molecule has 2 atom stereocenters. The van der Waals surface area contributed by atoms with Crippen molar-refractivity contribution in [1.29, 1.82) is 0 Å². The molecule has 1 fully saturated rings. The molecule has 0 aliphatic carbocycles. The van der Waals surface area contributed by atoms with E-state index in [1.165, 1.54) is 0 Å². The third-order valence-electron chi connectivity index (χ3n) is 3.17. The van der Waals surface area contributed by atoms with Gasteiger partial charge in [-0.1, -0.05) is 13.8 Å². The molecule has 0 aromatic carbocycles. The second kappa shape index (κ2) is 5.47.